The Morgan fingerprint density at radius 1 is 0.301 bits per heavy atom. The molecular weight excluding hydrogens is 1700 g/mol. The smallest absolute Gasteiger partial charge is 0.410 e. The molecule has 9 rings (SSSR count). The van der Waals surface area contributed by atoms with Crippen LogP contribution < -0.4 is 48.7 Å². The van der Waals surface area contributed by atoms with Crippen molar-refractivity contribution in [1.29, 1.82) is 0 Å². The fraction of sp³-hybridized carbons (Fsp3) is 0.446. The van der Waals surface area contributed by atoms with Crippen LogP contribution in [-0.4, -0.2) is 244 Å². The number of hydrogen-bond donors (Lipinski definition) is 9. The summed E-state index contributed by atoms with van der Waals surface area (Å²) in [6, 6.07) is 79.0. The largest absolute Gasteiger partial charge is 0.460 e. The van der Waals surface area contributed by atoms with Crippen molar-refractivity contribution in [2.45, 2.75) is 131 Å². The van der Waals surface area contributed by atoms with Gasteiger partial charge in [-0.15, -0.1) is 0 Å². The van der Waals surface area contributed by atoms with E-state index in [-0.39, 0.29) is 38.5 Å². The molecule has 0 aliphatic carbocycles. The van der Waals surface area contributed by atoms with Crippen molar-refractivity contribution in [3.63, 3.8) is 0 Å². The van der Waals surface area contributed by atoms with Gasteiger partial charge in [0.25, 0.3) is 0 Å². The molecule has 8 aromatic rings. The molecule has 0 bridgehead atoms. The molecule has 0 aromatic heterocycles. The van der Waals surface area contributed by atoms with E-state index in [0.717, 1.165) is 57.6 Å². The lowest BCUT2D eigenvalue weighted by Gasteiger charge is -2.37. The van der Waals surface area contributed by atoms with Crippen molar-refractivity contribution in [3.05, 3.63) is 287 Å². The van der Waals surface area contributed by atoms with Gasteiger partial charge in [-0.2, -0.15) is 0 Å². The summed E-state index contributed by atoms with van der Waals surface area (Å²) in [6.45, 7) is 30.3. The fourth-order valence-corrected chi connectivity index (χ4v) is 12.0. The number of nitrogens with zero attached hydrogens (tertiary/aromatic N) is 3. The Balaban J connectivity index is 0.000000310. The van der Waals surface area contributed by atoms with E-state index >= 15 is 0 Å². The Morgan fingerprint density at radius 3 is 0.857 bits per heavy atom. The molecule has 8 aromatic carbocycles. The van der Waals surface area contributed by atoms with E-state index in [2.05, 4.69) is 115 Å². The minimum atomic E-state index is -0.560. The predicted octanol–water partition coefficient (Wildman–Crippen LogP) is 13.6. The van der Waals surface area contributed by atoms with Gasteiger partial charge in [-0.25, -0.2) is 33.6 Å². The first-order valence-electron chi connectivity index (χ1n) is 45.1. The highest BCUT2D eigenvalue weighted by Gasteiger charge is 2.36. The molecule has 0 unspecified atom stereocenters. The number of rotatable bonds is 49. The van der Waals surface area contributed by atoms with Gasteiger partial charge in [-0.1, -0.05) is 243 Å². The van der Waals surface area contributed by atoms with Crippen molar-refractivity contribution in [3.8, 4) is 0 Å². The average Bonchev–Trinajstić information content (AvgIpc) is 1.49. The van der Waals surface area contributed by atoms with E-state index < -0.39 is 58.9 Å². The van der Waals surface area contributed by atoms with Crippen LogP contribution in [0.5, 0.6) is 0 Å². The SMILES string of the molecule is CC(C)(C)OC(=O)CCCOCCN.CC(C)(C)OC(=O)NCCOCCN(CCNC(=O)OCc1ccccc1)CCNC(=O)OCc1ccccc1.CC(C)(C)OC(=O)NCCOCCNC(c1ccccc1)(c1ccccc1)c1ccccc1.NCCOCCN(CCNC(=O)OCc1ccccc1)CCNC(=O)OCc1ccccc1.O=C(OCc1ccccc1)N1CC1. The molecule has 1 aliphatic rings. The lowest BCUT2D eigenvalue weighted by molar-refractivity contribution is -0.155. The van der Waals surface area contributed by atoms with Crippen LogP contribution in [-0.2, 0) is 100 Å². The summed E-state index contributed by atoms with van der Waals surface area (Å²) in [5.41, 5.74) is 16.9. The topological polar surface area (TPSA) is 393 Å². The molecule has 32 heteroatoms. The van der Waals surface area contributed by atoms with Crippen LogP contribution in [0.25, 0.3) is 0 Å². The van der Waals surface area contributed by atoms with Gasteiger partial charge in [-0.05, 0) is 113 Å². The van der Waals surface area contributed by atoms with Crippen LogP contribution in [0.15, 0.2) is 243 Å². The van der Waals surface area contributed by atoms with E-state index in [9.17, 15) is 38.4 Å². The van der Waals surface area contributed by atoms with E-state index in [1.54, 1.807) is 25.7 Å². The number of nitrogens with one attached hydrogen (secondary N) is 7. The number of carbonyl (C=O) groups excluding carboxylic acids is 8. The second-order valence-electron chi connectivity index (χ2n) is 33.0. The third kappa shape index (κ3) is 55.0. The Morgan fingerprint density at radius 2 is 0.564 bits per heavy atom. The summed E-state index contributed by atoms with van der Waals surface area (Å²) >= 11 is 0. The number of amides is 7. The maximum atomic E-state index is 12.1. The Hall–Kier alpha value is -12.2. The lowest BCUT2D eigenvalue weighted by Crippen LogP contribution is -2.46. The fourth-order valence-electron chi connectivity index (χ4n) is 12.0. The first-order chi connectivity index (χ1) is 64.1. The van der Waals surface area contributed by atoms with Crippen LogP contribution in [0.3, 0.4) is 0 Å². The Labute approximate surface area is 785 Å². The Bertz CT molecular complexity index is 4210. The molecule has 1 aliphatic heterocycles. The van der Waals surface area contributed by atoms with Crippen molar-refractivity contribution < 1.29 is 95.2 Å². The third-order valence-electron chi connectivity index (χ3n) is 18.4. The standard InChI is InChI=1S/C29H42N4O7.C28H34N2O3.C24H34N4O5.C10H21NO3.C10H11NO2/c1-29(2,3)40-28(36)32-16-20-37-21-19-33(17-14-30-26(34)38-22-24-10-6-4-7-11-24)18-15-31-27(35)39-23-25-12-8-5-9-13-25;1-27(2,3)33-26(31)29-19-21-32-22-20-30-28(23-13-7-4-8-14-23,24-15-9-5-10-16-24)25-17-11-6-12-18-25;25-11-17-31-18-16-28(14-12-26-23(29)32-19-21-7-3-1-4-8-21)15-13-27-24(30)33-20-22-9-5-2-6-10-22;1-10(2,3)14-9(12)5-4-7-13-8-6-11;12-10(11-6-7-11)13-8-9-4-2-1-3-5-9/h4-13H,14-23H2,1-3H3,(H,30,34)(H,31,35)(H,32,36);4-18,30H,19-22H2,1-3H3,(H,29,31);1-10H,11-20,25H2,(H,26,29)(H,27,30);4-8,11H2,1-3H3;1-5H,6-8H2. The lowest BCUT2D eigenvalue weighted by atomic mass is 9.77. The van der Waals surface area contributed by atoms with Crippen LogP contribution >= 0.6 is 0 Å². The second-order valence-corrected chi connectivity index (χ2v) is 33.0. The normalized spacial score (nSPS) is 11.4. The van der Waals surface area contributed by atoms with Crippen molar-refractivity contribution in [2.24, 2.45) is 11.5 Å². The maximum absolute atomic E-state index is 12.1. The van der Waals surface area contributed by atoms with Crippen LogP contribution in [0.1, 0.15) is 120 Å². The van der Waals surface area contributed by atoms with Gasteiger partial charge in [0.05, 0.1) is 51.8 Å². The van der Waals surface area contributed by atoms with Gasteiger partial charge in [0.15, 0.2) is 0 Å². The molecule has 1 heterocycles. The molecule has 0 saturated carbocycles. The van der Waals surface area contributed by atoms with Gasteiger partial charge in [-0.3, -0.25) is 19.9 Å². The molecule has 11 N–H and O–H groups in total. The zero-order valence-corrected chi connectivity index (χ0v) is 78.9. The molecule has 0 radical (unpaired) electrons. The number of carbonyl (C=O) groups is 8. The molecule has 726 valence electrons. The van der Waals surface area contributed by atoms with Gasteiger partial charge in [0.1, 0.15) is 49.8 Å². The summed E-state index contributed by atoms with van der Waals surface area (Å²) in [7, 11) is 0. The number of esters is 1. The van der Waals surface area contributed by atoms with Gasteiger partial charge in [0, 0.05) is 124 Å². The van der Waals surface area contributed by atoms with Crippen molar-refractivity contribution in [2.75, 3.05) is 164 Å². The van der Waals surface area contributed by atoms with Crippen molar-refractivity contribution >= 4 is 48.6 Å². The summed E-state index contributed by atoms with van der Waals surface area (Å²) in [6.07, 6.45) is -1.98. The van der Waals surface area contributed by atoms with Crippen LogP contribution in [0.2, 0.25) is 0 Å². The zero-order valence-electron chi connectivity index (χ0n) is 78.9. The summed E-state index contributed by atoms with van der Waals surface area (Å²) in [5.74, 6) is -0.172. The van der Waals surface area contributed by atoms with E-state index in [4.69, 9.17) is 68.3 Å². The Kier molecular flexibility index (Phi) is 55.4. The number of benzene rings is 8. The quantitative estimate of drug-likeness (QED) is 0.00562. The zero-order chi connectivity index (χ0) is 96.3. The first kappa shape index (κ1) is 111. The average molecular weight is 1840 g/mol. The minimum Gasteiger partial charge on any atom is -0.460 e. The molecule has 0 spiro atoms. The van der Waals surface area contributed by atoms with Crippen LogP contribution in [0.4, 0.5) is 33.6 Å². The summed E-state index contributed by atoms with van der Waals surface area (Å²) in [4.78, 5) is 99.5. The monoisotopic (exact) mass is 1840 g/mol. The summed E-state index contributed by atoms with van der Waals surface area (Å²) < 4.78 is 63.5. The van der Waals surface area contributed by atoms with E-state index in [0.29, 0.717) is 170 Å². The molecule has 7 amide bonds. The highest BCUT2D eigenvalue weighted by Crippen LogP contribution is 2.37. The number of alkyl carbamates (subject to hydrolysis) is 6. The second kappa shape index (κ2) is 66.2. The van der Waals surface area contributed by atoms with Crippen LogP contribution in [0, 0.1) is 0 Å². The molecule has 1 saturated heterocycles. The van der Waals surface area contributed by atoms with E-state index in [1.807, 2.05) is 216 Å². The molecule has 0 atom stereocenters. The van der Waals surface area contributed by atoms with Gasteiger partial charge < -0.3 is 105 Å². The highest BCUT2D eigenvalue weighted by molar-refractivity contribution is 5.71. The third-order valence-corrected chi connectivity index (χ3v) is 18.4. The summed E-state index contributed by atoms with van der Waals surface area (Å²) in [5, 5.41) is 20.1. The first-order valence-corrected chi connectivity index (χ1v) is 45.1. The van der Waals surface area contributed by atoms with Crippen molar-refractivity contribution in [1.82, 2.24) is 51.9 Å². The predicted molar refractivity (Wildman–Crippen MR) is 512 cm³/mol. The molecular formula is C101H142N12O20. The van der Waals surface area contributed by atoms with Gasteiger partial charge >= 0.3 is 48.6 Å². The number of ether oxygens (including phenoxy) is 12. The molecule has 32 nitrogen and oxygen atoms in total. The maximum Gasteiger partial charge on any atom is 0.410 e. The molecule has 1 fully saturated rings. The minimum absolute atomic E-state index is 0.172. The van der Waals surface area contributed by atoms with Gasteiger partial charge in [0.2, 0.25) is 0 Å². The highest BCUT2D eigenvalue weighted by atomic mass is 16.6. The number of hydrogen-bond acceptors (Lipinski definition) is 25. The molecule has 133 heavy (non-hydrogen) atoms. The van der Waals surface area contributed by atoms with E-state index in [1.165, 1.54) is 0 Å². The number of nitrogens with two attached hydrogens (primary N) is 2.